The van der Waals surface area contributed by atoms with Crippen LogP contribution in [0.2, 0.25) is 0 Å². The maximum atomic E-state index is 8.07. The zero-order valence-electron chi connectivity index (χ0n) is 4.27. The molecule has 2 N–H and O–H groups in total. The van der Waals surface area contributed by atoms with Crippen molar-refractivity contribution in [1.29, 1.82) is 0 Å². The van der Waals surface area contributed by atoms with Gasteiger partial charge in [0.1, 0.15) is 0 Å². The van der Waals surface area contributed by atoms with E-state index >= 15 is 0 Å². The molecule has 0 radical (unpaired) electrons. The number of rotatable bonds is 4. The average Bonchev–Trinajstić information content (AvgIpc) is 1.69. The lowest BCUT2D eigenvalue weighted by Gasteiger charge is -1.95. The third-order valence-electron chi connectivity index (χ3n) is 0.519. The van der Waals surface area contributed by atoms with Crippen LogP contribution in [0.4, 0.5) is 0 Å². The fourth-order valence-electron chi connectivity index (χ4n) is 0.199. The van der Waals surface area contributed by atoms with Gasteiger partial charge in [0, 0.05) is 6.54 Å². The molecule has 0 aliphatic heterocycles. The molecule has 0 spiro atoms. The van der Waals surface area contributed by atoms with Crippen molar-refractivity contribution >= 4 is 9.03 Å². The molecular weight excluding hydrogens is 113 g/mol. The van der Waals surface area contributed by atoms with Gasteiger partial charge in [-0.3, -0.25) is 0 Å². The first kappa shape index (κ1) is 7.31. The van der Waals surface area contributed by atoms with Crippen molar-refractivity contribution in [3.05, 3.63) is 0 Å². The van der Waals surface area contributed by atoms with Crippen LogP contribution in [-0.4, -0.2) is 25.1 Å². The van der Waals surface area contributed by atoms with Crippen LogP contribution in [-0.2, 0) is 4.52 Å². The molecule has 0 bridgehead atoms. The molecule has 1 atom stereocenters. The molecule has 0 aliphatic rings. The number of hydrogen-bond donors (Lipinski definition) is 2. The van der Waals surface area contributed by atoms with Gasteiger partial charge >= 0.3 is 0 Å². The Morgan fingerprint density at radius 2 is 2.57 bits per heavy atom. The maximum Gasteiger partial charge on any atom is 0.152 e. The van der Waals surface area contributed by atoms with Crippen LogP contribution in [0.5, 0.6) is 0 Å². The quantitative estimate of drug-likeness (QED) is 0.399. The second-order valence-corrected chi connectivity index (χ2v) is 1.51. The standard InChI is InChI=1S/C3H10NO2P/c1-4-2-3-6-7-5/h4-5,7H,2-3H2,1H3. The fourth-order valence-corrected chi connectivity index (χ4v) is 0.392. The summed E-state index contributed by atoms with van der Waals surface area (Å²) in [4.78, 5) is 8.07. The van der Waals surface area contributed by atoms with Crippen LogP contribution < -0.4 is 5.32 Å². The van der Waals surface area contributed by atoms with Crippen LogP contribution in [0.1, 0.15) is 0 Å². The van der Waals surface area contributed by atoms with Crippen molar-refractivity contribution in [2.75, 3.05) is 20.2 Å². The second-order valence-electron chi connectivity index (χ2n) is 1.04. The van der Waals surface area contributed by atoms with E-state index in [1.165, 1.54) is 0 Å². The summed E-state index contributed by atoms with van der Waals surface area (Å²) in [6.45, 7) is 1.39. The lowest BCUT2D eigenvalue weighted by atomic mass is 10.7. The highest BCUT2D eigenvalue weighted by molar-refractivity contribution is 7.24. The highest BCUT2D eigenvalue weighted by atomic mass is 31.1. The summed E-state index contributed by atoms with van der Waals surface area (Å²) in [5, 5.41) is 2.87. The van der Waals surface area contributed by atoms with Crippen molar-refractivity contribution in [2.24, 2.45) is 0 Å². The van der Waals surface area contributed by atoms with Crippen LogP contribution >= 0.6 is 9.03 Å². The summed E-state index contributed by atoms with van der Waals surface area (Å²) in [5.41, 5.74) is 0. The Balaban J connectivity index is 2.45. The molecule has 0 amide bonds. The molecule has 0 aliphatic carbocycles. The summed E-state index contributed by atoms with van der Waals surface area (Å²) in [7, 11) is 1.46. The van der Waals surface area contributed by atoms with E-state index in [4.69, 9.17) is 4.89 Å². The van der Waals surface area contributed by atoms with E-state index in [9.17, 15) is 0 Å². The van der Waals surface area contributed by atoms with Crippen LogP contribution in [0.25, 0.3) is 0 Å². The van der Waals surface area contributed by atoms with Crippen LogP contribution in [0.15, 0.2) is 0 Å². The first-order chi connectivity index (χ1) is 3.41. The van der Waals surface area contributed by atoms with E-state index in [2.05, 4.69) is 9.84 Å². The van der Waals surface area contributed by atoms with Crippen molar-refractivity contribution < 1.29 is 9.42 Å². The predicted molar refractivity (Wildman–Crippen MR) is 30.4 cm³/mol. The van der Waals surface area contributed by atoms with Gasteiger partial charge in [0.25, 0.3) is 0 Å². The molecular formula is C3H10NO2P. The van der Waals surface area contributed by atoms with Crippen molar-refractivity contribution in [2.45, 2.75) is 0 Å². The lowest BCUT2D eigenvalue weighted by molar-refractivity contribution is 0.327. The van der Waals surface area contributed by atoms with Crippen molar-refractivity contribution in [3.8, 4) is 0 Å². The molecule has 0 heterocycles. The largest absolute Gasteiger partial charge is 0.352 e. The van der Waals surface area contributed by atoms with Gasteiger partial charge in [-0.2, -0.15) is 0 Å². The zero-order chi connectivity index (χ0) is 5.54. The summed E-state index contributed by atoms with van der Waals surface area (Å²) in [5.74, 6) is 0. The molecule has 3 nitrogen and oxygen atoms in total. The highest BCUT2D eigenvalue weighted by Gasteiger charge is 1.78. The van der Waals surface area contributed by atoms with Gasteiger partial charge < -0.3 is 14.7 Å². The Kier molecular flexibility index (Phi) is 6.59. The Hall–Kier alpha value is 0.310. The molecule has 0 aromatic carbocycles. The summed E-state index contributed by atoms with van der Waals surface area (Å²) >= 11 is 0. The molecule has 0 saturated carbocycles. The van der Waals surface area contributed by atoms with Crippen LogP contribution in [0.3, 0.4) is 0 Å². The molecule has 0 saturated heterocycles. The minimum atomic E-state index is -0.372. The normalized spacial score (nSPS) is 11.1. The van der Waals surface area contributed by atoms with Gasteiger partial charge in [0.15, 0.2) is 9.03 Å². The molecule has 44 valence electrons. The lowest BCUT2D eigenvalue weighted by Crippen LogP contribution is -2.11. The predicted octanol–water partition coefficient (Wildman–Crippen LogP) is -0.277. The monoisotopic (exact) mass is 123 g/mol. The molecule has 7 heavy (non-hydrogen) atoms. The van der Waals surface area contributed by atoms with Gasteiger partial charge in [-0.15, -0.1) is 0 Å². The van der Waals surface area contributed by atoms with Gasteiger partial charge in [0.05, 0.1) is 6.61 Å². The molecule has 0 aromatic rings. The minimum Gasteiger partial charge on any atom is -0.352 e. The van der Waals surface area contributed by atoms with E-state index in [1.54, 1.807) is 0 Å². The van der Waals surface area contributed by atoms with Gasteiger partial charge in [-0.25, -0.2) is 0 Å². The smallest absolute Gasteiger partial charge is 0.152 e. The Labute approximate surface area is 45.0 Å². The van der Waals surface area contributed by atoms with Crippen LogP contribution in [0, 0.1) is 0 Å². The molecule has 4 heteroatoms. The van der Waals surface area contributed by atoms with E-state index in [0.29, 0.717) is 6.61 Å². The Morgan fingerprint density at radius 1 is 1.86 bits per heavy atom. The van der Waals surface area contributed by atoms with E-state index in [-0.39, 0.29) is 9.03 Å². The summed E-state index contributed by atoms with van der Waals surface area (Å²) < 4.78 is 4.59. The summed E-state index contributed by atoms with van der Waals surface area (Å²) in [6.07, 6.45) is 0. The number of nitrogens with one attached hydrogen (secondary N) is 1. The van der Waals surface area contributed by atoms with E-state index in [1.807, 2.05) is 7.05 Å². The van der Waals surface area contributed by atoms with Crippen molar-refractivity contribution in [1.82, 2.24) is 5.32 Å². The zero-order valence-corrected chi connectivity index (χ0v) is 5.27. The topological polar surface area (TPSA) is 41.5 Å². The average molecular weight is 123 g/mol. The number of hydrogen-bond acceptors (Lipinski definition) is 3. The Morgan fingerprint density at radius 3 is 3.00 bits per heavy atom. The fraction of sp³-hybridized carbons (Fsp3) is 1.00. The molecule has 0 fully saturated rings. The third kappa shape index (κ3) is 6.31. The van der Waals surface area contributed by atoms with E-state index in [0.717, 1.165) is 6.54 Å². The molecule has 1 unspecified atom stereocenters. The SMILES string of the molecule is CNCCOPO. The summed E-state index contributed by atoms with van der Waals surface area (Å²) in [6, 6.07) is 0. The van der Waals surface area contributed by atoms with Gasteiger partial charge in [-0.1, -0.05) is 0 Å². The van der Waals surface area contributed by atoms with Gasteiger partial charge in [-0.05, 0) is 7.05 Å². The minimum absolute atomic E-state index is 0.372. The number of likely N-dealkylation sites (N-methyl/N-ethyl adjacent to an activating group) is 1. The van der Waals surface area contributed by atoms with Gasteiger partial charge in [0.2, 0.25) is 0 Å². The van der Waals surface area contributed by atoms with E-state index < -0.39 is 0 Å². The second kappa shape index (κ2) is 6.31. The van der Waals surface area contributed by atoms with Crippen molar-refractivity contribution in [3.63, 3.8) is 0 Å². The first-order valence-corrected chi connectivity index (χ1v) is 2.93. The molecule has 0 aromatic heterocycles. The first-order valence-electron chi connectivity index (χ1n) is 2.07. The highest BCUT2D eigenvalue weighted by Crippen LogP contribution is 1.99. The maximum absolute atomic E-state index is 8.07. The Bertz CT molecular complexity index is 32.1. The third-order valence-corrected chi connectivity index (χ3v) is 0.852. The molecule has 0 rings (SSSR count).